The summed E-state index contributed by atoms with van der Waals surface area (Å²) in [4.78, 5) is 22.0. The molecule has 0 aromatic heterocycles. The lowest BCUT2D eigenvalue weighted by molar-refractivity contribution is -0.142. The highest BCUT2D eigenvalue weighted by Crippen LogP contribution is 1.95. The number of rotatable bonds is 7. The van der Waals surface area contributed by atoms with Crippen molar-refractivity contribution >= 4 is 11.9 Å². The van der Waals surface area contributed by atoms with E-state index in [1.165, 1.54) is 0 Å². The predicted octanol–water partition coefficient (Wildman–Crippen LogP) is 0.354. The Hall–Kier alpha value is -1.10. The van der Waals surface area contributed by atoms with Crippen LogP contribution in [0, 0.1) is 0 Å². The molecule has 15 heavy (non-hydrogen) atoms. The lowest BCUT2D eigenvalue weighted by Gasteiger charge is -2.15. The molecular weight excluding hydrogens is 196 g/mol. The summed E-state index contributed by atoms with van der Waals surface area (Å²) in [6.45, 7) is 6.38. The maximum atomic E-state index is 11.4. The number of carbonyl (C=O) groups is 2. The van der Waals surface area contributed by atoms with Crippen LogP contribution in [0.3, 0.4) is 0 Å². The minimum Gasteiger partial charge on any atom is -0.480 e. The third kappa shape index (κ3) is 6.06. The van der Waals surface area contributed by atoms with Crippen molar-refractivity contribution in [2.45, 2.75) is 45.7 Å². The van der Waals surface area contributed by atoms with Crippen LogP contribution in [0.25, 0.3) is 0 Å². The minimum absolute atomic E-state index is 0.0706. The van der Waals surface area contributed by atoms with Crippen molar-refractivity contribution < 1.29 is 14.7 Å². The normalized spacial score (nSPS) is 14.3. The Labute approximate surface area is 90.2 Å². The van der Waals surface area contributed by atoms with Crippen molar-refractivity contribution in [1.29, 1.82) is 0 Å². The smallest absolute Gasteiger partial charge is 0.326 e. The van der Waals surface area contributed by atoms with E-state index in [9.17, 15) is 9.59 Å². The fourth-order valence-electron chi connectivity index (χ4n) is 1.29. The Morgan fingerprint density at radius 2 is 1.93 bits per heavy atom. The summed E-state index contributed by atoms with van der Waals surface area (Å²) in [6.07, 6.45) is 0.703. The number of carboxylic acids is 1. The lowest BCUT2D eigenvalue weighted by atomic mass is 10.2. The van der Waals surface area contributed by atoms with E-state index in [1.54, 1.807) is 6.92 Å². The quantitative estimate of drug-likeness (QED) is 0.574. The molecule has 0 radical (unpaired) electrons. The molecule has 0 heterocycles. The van der Waals surface area contributed by atoms with Gasteiger partial charge in [-0.15, -0.1) is 0 Å². The highest BCUT2D eigenvalue weighted by molar-refractivity contribution is 5.83. The van der Waals surface area contributed by atoms with Crippen LogP contribution in [0.2, 0.25) is 0 Å². The van der Waals surface area contributed by atoms with Gasteiger partial charge in [0.05, 0.1) is 0 Å². The first-order valence-corrected chi connectivity index (χ1v) is 5.26. The van der Waals surface area contributed by atoms with Crippen LogP contribution in [0.5, 0.6) is 0 Å². The fraction of sp³-hybridized carbons (Fsp3) is 0.800. The number of carboxylic acid groups (broad SMARTS) is 1. The lowest BCUT2D eigenvalue weighted by Crippen LogP contribution is -2.42. The molecule has 0 aliphatic rings. The number of nitrogens with one attached hydrogen (secondary N) is 2. The molecule has 0 saturated carbocycles. The van der Waals surface area contributed by atoms with Gasteiger partial charge in [-0.1, -0.05) is 13.8 Å². The molecule has 88 valence electrons. The van der Waals surface area contributed by atoms with Gasteiger partial charge in [-0.3, -0.25) is 4.79 Å². The van der Waals surface area contributed by atoms with Crippen LogP contribution in [-0.4, -0.2) is 35.6 Å². The molecule has 0 aromatic carbocycles. The monoisotopic (exact) mass is 216 g/mol. The highest BCUT2D eigenvalue weighted by Gasteiger charge is 2.18. The topological polar surface area (TPSA) is 78.4 Å². The predicted molar refractivity (Wildman–Crippen MR) is 57.6 cm³/mol. The maximum Gasteiger partial charge on any atom is 0.326 e. The summed E-state index contributed by atoms with van der Waals surface area (Å²) in [7, 11) is 0. The Morgan fingerprint density at radius 1 is 1.33 bits per heavy atom. The van der Waals surface area contributed by atoms with Gasteiger partial charge >= 0.3 is 5.97 Å². The van der Waals surface area contributed by atoms with Gasteiger partial charge < -0.3 is 15.7 Å². The number of hydrogen-bond donors (Lipinski definition) is 3. The van der Waals surface area contributed by atoms with Gasteiger partial charge in [0.15, 0.2) is 0 Å². The maximum absolute atomic E-state index is 11.4. The van der Waals surface area contributed by atoms with Gasteiger partial charge in [-0.05, 0) is 19.9 Å². The summed E-state index contributed by atoms with van der Waals surface area (Å²) < 4.78 is 0. The molecule has 0 aromatic rings. The van der Waals surface area contributed by atoms with Gasteiger partial charge in [0.2, 0.25) is 5.91 Å². The zero-order valence-corrected chi connectivity index (χ0v) is 9.54. The SMILES string of the molecule is CCNC(C)CC(=O)N[C@H](CC)C(=O)O. The van der Waals surface area contributed by atoms with Gasteiger partial charge in [0, 0.05) is 12.5 Å². The first-order chi connectivity index (χ1) is 7.01. The second-order valence-corrected chi connectivity index (χ2v) is 3.53. The number of hydrogen-bond acceptors (Lipinski definition) is 3. The van der Waals surface area contributed by atoms with E-state index >= 15 is 0 Å². The molecule has 1 unspecified atom stereocenters. The Balaban J connectivity index is 3.96. The average Bonchev–Trinajstić information content (AvgIpc) is 2.13. The molecule has 0 aliphatic heterocycles. The number of carbonyl (C=O) groups excluding carboxylic acids is 1. The standard InChI is InChI=1S/C10H20N2O3/c1-4-8(10(14)15)12-9(13)6-7(3)11-5-2/h7-8,11H,4-6H2,1-3H3,(H,12,13)(H,14,15)/t7?,8-/m1/s1. The van der Waals surface area contributed by atoms with Gasteiger partial charge in [-0.2, -0.15) is 0 Å². The third-order valence-corrected chi connectivity index (χ3v) is 2.09. The van der Waals surface area contributed by atoms with Crippen LogP contribution in [0.4, 0.5) is 0 Å². The molecular formula is C10H20N2O3. The van der Waals surface area contributed by atoms with Crippen LogP contribution in [-0.2, 0) is 9.59 Å². The van der Waals surface area contributed by atoms with E-state index < -0.39 is 12.0 Å². The summed E-state index contributed by atoms with van der Waals surface area (Å²) in [6, 6.07) is -0.701. The van der Waals surface area contributed by atoms with Gasteiger partial charge in [0.1, 0.15) is 6.04 Å². The molecule has 5 heteroatoms. The van der Waals surface area contributed by atoms with Crippen molar-refractivity contribution in [3.8, 4) is 0 Å². The molecule has 3 N–H and O–H groups in total. The molecule has 5 nitrogen and oxygen atoms in total. The van der Waals surface area contributed by atoms with Crippen molar-refractivity contribution in [2.75, 3.05) is 6.54 Å². The molecule has 0 saturated heterocycles. The van der Waals surface area contributed by atoms with Crippen LogP contribution in [0.1, 0.15) is 33.6 Å². The molecule has 2 atom stereocenters. The van der Waals surface area contributed by atoms with E-state index in [4.69, 9.17) is 5.11 Å². The molecule has 0 rings (SSSR count). The first kappa shape index (κ1) is 13.9. The average molecular weight is 216 g/mol. The van der Waals surface area contributed by atoms with Crippen molar-refractivity contribution in [1.82, 2.24) is 10.6 Å². The van der Waals surface area contributed by atoms with E-state index in [1.807, 2.05) is 13.8 Å². The summed E-state index contributed by atoms with van der Waals surface area (Å²) in [5.41, 5.74) is 0. The van der Waals surface area contributed by atoms with E-state index in [-0.39, 0.29) is 11.9 Å². The molecule has 0 bridgehead atoms. The number of aliphatic carboxylic acids is 1. The molecule has 0 fully saturated rings. The summed E-state index contributed by atoms with van der Waals surface area (Å²) in [5, 5.41) is 14.3. The largest absolute Gasteiger partial charge is 0.480 e. The first-order valence-electron chi connectivity index (χ1n) is 5.26. The van der Waals surface area contributed by atoms with Crippen molar-refractivity contribution in [3.63, 3.8) is 0 Å². The third-order valence-electron chi connectivity index (χ3n) is 2.09. The Bertz CT molecular complexity index is 219. The second kappa shape index (κ2) is 7.23. The van der Waals surface area contributed by atoms with Crippen LogP contribution < -0.4 is 10.6 Å². The van der Waals surface area contributed by atoms with Crippen LogP contribution in [0.15, 0.2) is 0 Å². The van der Waals surface area contributed by atoms with E-state index in [0.29, 0.717) is 12.8 Å². The van der Waals surface area contributed by atoms with Crippen LogP contribution >= 0.6 is 0 Å². The fourth-order valence-corrected chi connectivity index (χ4v) is 1.29. The van der Waals surface area contributed by atoms with Crippen molar-refractivity contribution in [3.05, 3.63) is 0 Å². The zero-order valence-electron chi connectivity index (χ0n) is 9.54. The molecule has 0 spiro atoms. The zero-order chi connectivity index (χ0) is 11.8. The highest BCUT2D eigenvalue weighted by atomic mass is 16.4. The number of amides is 1. The molecule has 0 aliphatic carbocycles. The van der Waals surface area contributed by atoms with E-state index in [2.05, 4.69) is 10.6 Å². The minimum atomic E-state index is -0.984. The van der Waals surface area contributed by atoms with E-state index in [0.717, 1.165) is 6.54 Å². The second-order valence-electron chi connectivity index (χ2n) is 3.53. The Morgan fingerprint density at radius 3 is 2.33 bits per heavy atom. The van der Waals surface area contributed by atoms with Gasteiger partial charge in [0.25, 0.3) is 0 Å². The molecule has 1 amide bonds. The summed E-state index contributed by atoms with van der Waals surface area (Å²) in [5.74, 6) is -1.21. The van der Waals surface area contributed by atoms with Crippen molar-refractivity contribution in [2.24, 2.45) is 0 Å². The van der Waals surface area contributed by atoms with Gasteiger partial charge in [-0.25, -0.2) is 4.79 Å². The summed E-state index contributed by atoms with van der Waals surface area (Å²) >= 11 is 0. The Kier molecular flexibility index (Phi) is 6.70.